The molecule has 1 aliphatic rings. The van der Waals surface area contributed by atoms with Crippen LogP contribution >= 0.6 is 0 Å². The van der Waals surface area contributed by atoms with Gasteiger partial charge in [0.05, 0.1) is 0 Å². The van der Waals surface area contributed by atoms with Crippen LogP contribution in [0.3, 0.4) is 0 Å². The molecule has 1 aromatic carbocycles. The van der Waals surface area contributed by atoms with Gasteiger partial charge in [-0.05, 0) is 18.6 Å². The molecule has 2 unspecified atom stereocenters. The number of hydrogen-bond donors (Lipinski definition) is 1. The van der Waals surface area contributed by atoms with E-state index in [1.54, 1.807) is 0 Å². The van der Waals surface area contributed by atoms with Crippen molar-refractivity contribution in [3.63, 3.8) is 0 Å². The smallest absolute Gasteiger partial charge is 0.0497 e. The normalized spacial score (nSPS) is 29.1. The monoisotopic (exact) mass is 186 g/mol. The van der Waals surface area contributed by atoms with E-state index in [0.29, 0.717) is 5.92 Å². The first-order chi connectivity index (χ1) is 6.74. The summed E-state index contributed by atoms with van der Waals surface area (Å²) in [5.74, 6) is 6.72. The van der Waals surface area contributed by atoms with E-state index in [-0.39, 0.29) is 12.0 Å². The Kier molecular flexibility index (Phi) is 2.31. The van der Waals surface area contributed by atoms with E-state index in [2.05, 4.69) is 18.8 Å². The van der Waals surface area contributed by atoms with E-state index in [4.69, 9.17) is 5.11 Å². The summed E-state index contributed by atoms with van der Waals surface area (Å²) in [4.78, 5) is 0. The number of benzene rings is 1. The van der Waals surface area contributed by atoms with Gasteiger partial charge in [-0.25, -0.2) is 0 Å². The molecule has 0 spiro atoms. The van der Waals surface area contributed by atoms with Crippen molar-refractivity contribution < 1.29 is 5.11 Å². The van der Waals surface area contributed by atoms with Gasteiger partial charge < -0.3 is 5.11 Å². The van der Waals surface area contributed by atoms with Crippen molar-refractivity contribution in [2.75, 3.05) is 6.61 Å². The molecule has 2 rings (SSSR count). The molecular formula is C13H14O. The maximum absolute atomic E-state index is 9.07. The van der Waals surface area contributed by atoms with Gasteiger partial charge in [-0.3, -0.25) is 0 Å². The highest BCUT2D eigenvalue weighted by Crippen LogP contribution is 2.51. The number of hydrogen-bond acceptors (Lipinski definition) is 1. The highest BCUT2D eigenvalue weighted by Gasteiger charge is 2.48. The van der Waals surface area contributed by atoms with Crippen LogP contribution in [0.2, 0.25) is 0 Å². The van der Waals surface area contributed by atoms with Gasteiger partial charge in [0.15, 0.2) is 0 Å². The van der Waals surface area contributed by atoms with Gasteiger partial charge in [0, 0.05) is 23.5 Å². The molecule has 0 aromatic heterocycles. The lowest BCUT2D eigenvalue weighted by Gasteiger charge is -2.00. The quantitative estimate of drug-likeness (QED) is 0.665. The first kappa shape index (κ1) is 9.30. The summed E-state index contributed by atoms with van der Waals surface area (Å²) in [7, 11) is 0. The predicted octanol–water partition coefficient (Wildman–Crippen LogP) is 2.06. The molecule has 1 aromatic rings. The lowest BCUT2D eigenvalue weighted by molar-refractivity contribution is 0.218. The summed E-state index contributed by atoms with van der Waals surface area (Å²) in [5.41, 5.74) is 1.13. The first-order valence-corrected chi connectivity index (χ1v) is 4.92. The van der Waals surface area contributed by atoms with Gasteiger partial charge in [-0.2, -0.15) is 0 Å². The Hall–Kier alpha value is -1.26. The molecule has 1 aliphatic carbocycles. The summed E-state index contributed by atoms with van der Waals surface area (Å²) in [6, 6.07) is 9.97. The second kappa shape index (κ2) is 3.48. The fraction of sp³-hybridized carbons (Fsp3) is 0.385. The summed E-state index contributed by atoms with van der Waals surface area (Å²) in [5, 5.41) is 9.07. The minimum atomic E-state index is 0.0712. The molecule has 1 heteroatoms. The van der Waals surface area contributed by atoms with Gasteiger partial charge in [0.25, 0.3) is 0 Å². The molecule has 0 bridgehead atoms. The lowest BCUT2D eigenvalue weighted by atomic mass is 10.1. The van der Waals surface area contributed by atoms with Crippen LogP contribution in [-0.4, -0.2) is 11.7 Å². The van der Waals surface area contributed by atoms with Crippen LogP contribution in [0.15, 0.2) is 30.3 Å². The predicted molar refractivity (Wildman–Crippen MR) is 56.6 cm³/mol. The standard InChI is InChI=1S/C13H14O/c1-13(10-14)9-12(13)8-7-11-5-3-2-4-6-11/h2-6,12,14H,9-10H2,1H3. The van der Waals surface area contributed by atoms with Crippen molar-refractivity contribution in [2.45, 2.75) is 13.3 Å². The third-order valence-corrected chi connectivity index (χ3v) is 2.88. The van der Waals surface area contributed by atoms with Crippen LogP contribution in [0.1, 0.15) is 18.9 Å². The van der Waals surface area contributed by atoms with Crippen LogP contribution in [0.4, 0.5) is 0 Å². The molecule has 0 amide bonds. The summed E-state index contributed by atoms with van der Waals surface area (Å²) in [6.07, 6.45) is 1.03. The fourth-order valence-corrected chi connectivity index (χ4v) is 1.50. The Morgan fingerprint density at radius 1 is 1.43 bits per heavy atom. The molecule has 2 atom stereocenters. The molecule has 0 radical (unpaired) electrons. The van der Waals surface area contributed by atoms with Crippen LogP contribution in [0.5, 0.6) is 0 Å². The Morgan fingerprint density at radius 2 is 2.14 bits per heavy atom. The van der Waals surface area contributed by atoms with E-state index in [1.807, 2.05) is 30.3 Å². The number of aliphatic hydroxyl groups is 1. The fourth-order valence-electron chi connectivity index (χ4n) is 1.50. The van der Waals surface area contributed by atoms with Crippen LogP contribution in [0, 0.1) is 23.2 Å². The van der Waals surface area contributed by atoms with Crippen molar-refractivity contribution in [2.24, 2.45) is 11.3 Å². The maximum Gasteiger partial charge on any atom is 0.0497 e. The van der Waals surface area contributed by atoms with Crippen LogP contribution in [0.25, 0.3) is 0 Å². The van der Waals surface area contributed by atoms with Gasteiger partial charge in [-0.15, -0.1) is 0 Å². The maximum atomic E-state index is 9.07. The van der Waals surface area contributed by atoms with Gasteiger partial charge in [-0.1, -0.05) is 37.0 Å². The summed E-state index contributed by atoms with van der Waals surface area (Å²) < 4.78 is 0. The second-order valence-electron chi connectivity index (χ2n) is 4.20. The summed E-state index contributed by atoms with van der Waals surface area (Å²) >= 11 is 0. The molecule has 1 fully saturated rings. The average molecular weight is 186 g/mol. The van der Waals surface area contributed by atoms with Crippen molar-refractivity contribution >= 4 is 0 Å². The van der Waals surface area contributed by atoms with Crippen molar-refractivity contribution in [3.8, 4) is 11.8 Å². The molecule has 1 N–H and O–H groups in total. The first-order valence-electron chi connectivity index (χ1n) is 4.92. The largest absolute Gasteiger partial charge is 0.396 e. The minimum Gasteiger partial charge on any atom is -0.396 e. The SMILES string of the molecule is CC1(CO)CC1C#Cc1ccccc1. The van der Waals surface area contributed by atoms with E-state index < -0.39 is 0 Å². The highest BCUT2D eigenvalue weighted by atomic mass is 16.3. The van der Waals surface area contributed by atoms with E-state index >= 15 is 0 Å². The zero-order valence-corrected chi connectivity index (χ0v) is 8.33. The van der Waals surface area contributed by atoms with Gasteiger partial charge in [0.1, 0.15) is 0 Å². The molecular weight excluding hydrogens is 172 g/mol. The second-order valence-corrected chi connectivity index (χ2v) is 4.20. The third-order valence-electron chi connectivity index (χ3n) is 2.88. The number of aliphatic hydroxyl groups excluding tert-OH is 1. The third kappa shape index (κ3) is 1.81. The molecule has 0 aliphatic heterocycles. The van der Waals surface area contributed by atoms with E-state index in [9.17, 15) is 0 Å². The Morgan fingerprint density at radius 3 is 2.71 bits per heavy atom. The van der Waals surface area contributed by atoms with Gasteiger partial charge >= 0.3 is 0 Å². The van der Waals surface area contributed by atoms with E-state index in [0.717, 1.165) is 12.0 Å². The van der Waals surface area contributed by atoms with Crippen LogP contribution < -0.4 is 0 Å². The molecule has 1 saturated carbocycles. The molecule has 1 nitrogen and oxygen atoms in total. The Balaban J connectivity index is 2.03. The van der Waals surface area contributed by atoms with Crippen LogP contribution in [-0.2, 0) is 0 Å². The topological polar surface area (TPSA) is 20.2 Å². The Bertz CT molecular complexity index is 371. The molecule has 72 valence electrons. The molecule has 0 heterocycles. The zero-order valence-electron chi connectivity index (χ0n) is 8.33. The minimum absolute atomic E-state index is 0.0712. The zero-order chi connectivity index (χ0) is 10.0. The van der Waals surface area contributed by atoms with Crippen molar-refractivity contribution in [1.82, 2.24) is 0 Å². The average Bonchev–Trinajstić information content (AvgIpc) is 2.90. The van der Waals surface area contributed by atoms with Crippen molar-refractivity contribution in [1.29, 1.82) is 0 Å². The lowest BCUT2D eigenvalue weighted by Crippen LogP contribution is -2.02. The molecule has 14 heavy (non-hydrogen) atoms. The van der Waals surface area contributed by atoms with Gasteiger partial charge in [0.2, 0.25) is 0 Å². The number of rotatable bonds is 1. The summed E-state index contributed by atoms with van der Waals surface area (Å²) in [6.45, 7) is 2.33. The Labute approximate surface area is 84.8 Å². The molecule has 0 saturated heterocycles. The highest BCUT2D eigenvalue weighted by molar-refractivity contribution is 5.36. The van der Waals surface area contributed by atoms with Crippen molar-refractivity contribution in [3.05, 3.63) is 35.9 Å². The van der Waals surface area contributed by atoms with E-state index in [1.165, 1.54) is 0 Å².